The molecule has 1 fully saturated rings. The largest absolute Gasteiger partial charge is 0.348 e. The molecule has 2 aliphatic rings. The molecule has 20 heavy (non-hydrogen) atoms. The van der Waals surface area contributed by atoms with Gasteiger partial charge in [-0.15, -0.1) is 0 Å². The lowest BCUT2D eigenvalue weighted by molar-refractivity contribution is 0.410. The van der Waals surface area contributed by atoms with Gasteiger partial charge in [0.1, 0.15) is 0 Å². The monoisotopic (exact) mass is 310 g/mol. The number of sulfone groups is 1. The first kappa shape index (κ1) is 13.9. The third-order valence-electron chi connectivity index (χ3n) is 3.82. The van der Waals surface area contributed by atoms with Crippen LogP contribution in [-0.4, -0.2) is 49.1 Å². The zero-order chi connectivity index (χ0) is 14.3. The Hall–Kier alpha value is -1.01. The van der Waals surface area contributed by atoms with Crippen LogP contribution in [0, 0.1) is 6.92 Å². The van der Waals surface area contributed by atoms with Crippen LogP contribution >= 0.6 is 11.8 Å². The molecular weight excluding hydrogens is 292 g/mol. The van der Waals surface area contributed by atoms with Crippen molar-refractivity contribution in [3.05, 3.63) is 35.4 Å². The van der Waals surface area contributed by atoms with Crippen LogP contribution in [0.2, 0.25) is 0 Å². The van der Waals surface area contributed by atoms with Crippen molar-refractivity contribution in [1.29, 1.82) is 0 Å². The predicted octanol–water partition coefficient (Wildman–Crippen LogP) is 1.70. The zero-order valence-corrected chi connectivity index (χ0v) is 13.2. The van der Waals surface area contributed by atoms with Crippen molar-refractivity contribution in [3.63, 3.8) is 0 Å². The molecule has 3 rings (SSSR count). The van der Waals surface area contributed by atoms with Crippen molar-refractivity contribution < 1.29 is 8.42 Å². The molecule has 1 saturated heterocycles. The number of benzene rings is 1. The van der Waals surface area contributed by atoms with Crippen LogP contribution in [-0.2, 0) is 15.6 Å². The summed E-state index contributed by atoms with van der Waals surface area (Å²) in [4.78, 5) is 6.63. The van der Waals surface area contributed by atoms with Crippen molar-refractivity contribution in [2.75, 3.05) is 18.6 Å². The van der Waals surface area contributed by atoms with Gasteiger partial charge in [0.15, 0.2) is 15.0 Å². The van der Waals surface area contributed by atoms with Crippen LogP contribution in [0.5, 0.6) is 0 Å². The lowest BCUT2D eigenvalue weighted by atomic mass is 10.2. The molecule has 1 aromatic carbocycles. The summed E-state index contributed by atoms with van der Waals surface area (Å²) in [5.74, 6) is 1.32. The summed E-state index contributed by atoms with van der Waals surface area (Å²) in [6.07, 6.45) is 0. The number of rotatable bonds is 2. The maximum Gasteiger partial charge on any atom is 0.159 e. The van der Waals surface area contributed by atoms with E-state index in [-0.39, 0.29) is 23.6 Å². The van der Waals surface area contributed by atoms with Crippen molar-refractivity contribution in [2.45, 2.75) is 24.8 Å². The van der Waals surface area contributed by atoms with E-state index in [1.54, 1.807) is 11.8 Å². The van der Waals surface area contributed by atoms with E-state index in [1.165, 1.54) is 11.1 Å². The Morgan fingerprint density at radius 2 is 2.20 bits per heavy atom. The first-order valence-corrected chi connectivity index (χ1v) is 9.45. The van der Waals surface area contributed by atoms with Gasteiger partial charge in [0.25, 0.3) is 0 Å². The molecule has 0 saturated carbocycles. The van der Waals surface area contributed by atoms with Crippen LogP contribution in [0.15, 0.2) is 29.3 Å². The van der Waals surface area contributed by atoms with Gasteiger partial charge in [-0.3, -0.25) is 4.99 Å². The third kappa shape index (κ3) is 2.72. The molecule has 2 unspecified atom stereocenters. The fourth-order valence-electron chi connectivity index (χ4n) is 2.77. The number of nitrogens with zero attached hydrogens (tertiary/aromatic N) is 2. The molecule has 0 bridgehead atoms. The van der Waals surface area contributed by atoms with E-state index < -0.39 is 9.84 Å². The second-order valence-electron chi connectivity index (χ2n) is 5.51. The Labute approximate surface area is 124 Å². The standard InChI is InChI=1S/C14H18N2O2S2/c1-10-4-3-5-11(6-10)7-19-14-15-12-8-20(17,18)9-13(12)16(14)2/h3-6,12-13H,7-9H2,1-2H3. The third-order valence-corrected chi connectivity index (χ3v) is 6.65. The number of aryl methyl sites for hydroxylation is 1. The van der Waals surface area contributed by atoms with Gasteiger partial charge in [0.05, 0.1) is 23.6 Å². The number of fused-ring (bicyclic) bond motifs is 1. The Kier molecular flexibility index (Phi) is 3.54. The molecule has 0 N–H and O–H groups in total. The van der Waals surface area contributed by atoms with Crippen LogP contribution in [0.25, 0.3) is 0 Å². The zero-order valence-electron chi connectivity index (χ0n) is 11.6. The molecule has 0 spiro atoms. The number of hydrogen-bond acceptors (Lipinski definition) is 5. The summed E-state index contributed by atoms with van der Waals surface area (Å²) >= 11 is 1.69. The Morgan fingerprint density at radius 3 is 2.90 bits per heavy atom. The van der Waals surface area contributed by atoms with Crippen LogP contribution in [0.3, 0.4) is 0 Å². The van der Waals surface area contributed by atoms with Gasteiger partial charge in [-0.2, -0.15) is 0 Å². The molecule has 0 amide bonds. The summed E-state index contributed by atoms with van der Waals surface area (Å²) in [5.41, 5.74) is 2.53. The first-order chi connectivity index (χ1) is 9.44. The summed E-state index contributed by atoms with van der Waals surface area (Å²) in [6.45, 7) is 2.09. The molecule has 2 heterocycles. The van der Waals surface area contributed by atoms with Crippen molar-refractivity contribution in [3.8, 4) is 0 Å². The highest BCUT2D eigenvalue weighted by molar-refractivity contribution is 8.13. The maximum atomic E-state index is 11.6. The van der Waals surface area contributed by atoms with Crippen molar-refractivity contribution >= 4 is 26.8 Å². The molecule has 0 radical (unpaired) electrons. The minimum atomic E-state index is -2.89. The summed E-state index contributed by atoms with van der Waals surface area (Å²) < 4.78 is 23.2. The van der Waals surface area contributed by atoms with Gasteiger partial charge in [-0.25, -0.2) is 8.42 Å². The van der Waals surface area contributed by atoms with Gasteiger partial charge >= 0.3 is 0 Å². The fraction of sp³-hybridized carbons (Fsp3) is 0.500. The number of hydrogen-bond donors (Lipinski definition) is 0. The quantitative estimate of drug-likeness (QED) is 0.834. The minimum absolute atomic E-state index is 0.0417. The minimum Gasteiger partial charge on any atom is -0.348 e. The second-order valence-corrected chi connectivity index (χ2v) is 8.61. The van der Waals surface area contributed by atoms with Crippen LogP contribution < -0.4 is 0 Å². The van der Waals surface area contributed by atoms with Gasteiger partial charge in [-0.05, 0) is 12.5 Å². The number of thioether (sulfide) groups is 1. The number of aliphatic imine (C=N–C) groups is 1. The molecule has 0 aromatic heterocycles. The summed E-state index contributed by atoms with van der Waals surface area (Å²) in [5, 5.41) is 0.969. The SMILES string of the molecule is Cc1cccc(CSC2=NC3CS(=O)(=O)CC3N2C)c1. The predicted molar refractivity (Wildman–Crippen MR) is 83.9 cm³/mol. The average molecular weight is 310 g/mol. The van der Waals surface area contributed by atoms with E-state index >= 15 is 0 Å². The highest BCUT2D eigenvalue weighted by Crippen LogP contribution is 2.30. The molecule has 6 heteroatoms. The Bertz CT molecular complexity index is 655. The first-order valence-electron chi connectivity index (χ1n) is 6.64. The van der Waals surface area contributed by atoms with Crippen molar-refractivity contribution in [2.24, 2.45) is 4.99 Å². The van der Waals surface area contributed by atoms with E-state index in [0.717, 1.165) is 10.9 Å². The van der Waals surface area contributed by atoms with E-state index in [9.17, 15) is 8.42 Å². The molecule has 2 aliphatic heterocycles. The highest BCUT2D eigenvalue weighted by atomic mass is 32.2. The van der Waals surface area contributed by atoms with Gasteiger partial charge in [0, 0.05) is 12.8 Å². The van der Waals surface area contributed by atoms with Gasteiger partial charge in [0.2, 0.25) is 0 Å². The van der Waals surface area contributed by atoms with E-state index in [4.69, 9.17) is 0 Å². The maximum absolute atomic E-state index is 11.6. The molecule has 108 valence electrons. The lowest BCUT2D eigenvalue weighted by Crippen LogP contribution is -2.35. The summed E-state index contributed by atoms with van der Waals surface area (Å²) in [6, 6.07) is 8.41. The normalized spacial score (nSPS) is 27.5. The Balaban J connectivity index is 1.68. The molecule has 2 atom stereocenters. The number of likely N-dealkylation sites (N-methyl/N-ethyl adjacent to an activating group) is 1. The lowest BCUT2D eigenvalue weighted by Gasteiger charge is -2.20. The molecular formula is C14H18N2O2S2. The Morgan fingerprint density at radius 1 is 1.40 bits per heavy atom. The van der Waals surface area contributed by atoms with Gasteiger partial charge < -0.3 is 4.90 Å². The highest BCUT2D eigenvalue weighted by Gasteiger charge is 2.44. The topological polar surface area (TPSA) is 49.7 Å². The fourth-order valence-corrected chi connectivity index (χ4v) is 5.71. The smallest absolute Gasteiger partial charge is 0.159 e. The second kappa shape index (κ2) is 5.07. The molecule has 1 aromatic rings. The number of amidine groups is 1. The molecule has 0 aliphatic carbocycles. The summed E-state index contributed by atoms with van der Waals surface area (Å²) in [7, 11) is -0.941. The van der Waals surface area contributed by atoms with E-state index in [2.05, 4.69) is 36.2 Å². The molecule has 4 nitrogen and oxygen atoms in total. The van der Waals surface area contributed by atoms with Gasteiger partial charge in [-0.1, -0.05) is 41.6 Å². The van der Waals surface area contributed by atoms with Crippen LogP contribution in [0.4, 0.5) is 0 Å². The van der Waals surface area contributed by atoms with E-state index in [1.807, 2.05) is 11.9 Å². The average Bonchev–Trinajstić information content (AvgIpc) is 2.81. The van der Waals surface area contributed by atoms with Crippen LogP contribution in [0.1, 0.15) is 11.1 Å². The van der Waals surface area contributed by atoms with E-state index in [0.29, 0.717) is 0 Å². The van der Waals surface area contributed by atoms with Crippen molar-refractivity contribution in [1.82, 2.24) is 4.90 Å².